The molecule has 10 aromatic rings. The fourth-order valence-corrected chi connectivity index (χ4v) is 6.85. The zero-order valence-corrected chi connectivity index (χ0v) is 25.6. The van der Waals surface area contributed by atoms with Gasteiger partial charge < -0.3 is 8.83 Å². The van der Waals surface area contributed by atoms with Crippen LogP contribution in [0.1, 0.15) is 0 Å². The second kappa shape index (κ2) is 10.5. The van der Waals surface area contributed by atoms with E-state index in [1.807, 2.05) is 78.9 Å². The summed E-state index contributed by atoms with van der Waals surface area (Å²) in [6.07, 6.45) is 0. The molecule has 0 saturated carbocycles. The highest BCUT2D eigenvalue weighted by Crippen LogP contribution is 2.42. The highest BCUT2D eigenvalue weighted by Gasteiger charge is 2.22. The lowest BCUT2D eigenvalue weighted by Crippen LogP contribution is -2.00. The molecule has 3 aromatic heterocycles. The van der Waals surface area contributed by atoms with Crippen molar-refractivity contribution in [2.24, 2.45) is 0 Å². The summed E-state index contributed by atoms with van der Waals surface area (Å²) in [5.41, 5.74) is 8.04. The molecule has 0 fully saturated rings. The summed E-state index contributed by atoms with van der Waals surface area (Å²) in [4.78, 5) is 15.4. The van der Waals surface area contributed by atoms with Crippen LogP contribution in [-0.4, -0.2) is 15.0 Å². The Morgan fingerprint density at radius 2 is 1.00 bits per heavy atom. The predicted octanol–water partition coefficient (Wildman–Crippen LogP) is 11.5. The van der Waals surface area contributed by atoms with Gasteiger partial charge in [0, 0.05) is 38.1 Å². The molecule has 5 nitrogen and oxygen atoms in total. The molecule has 48 heavy (non-hydrogen) atoms. The van der Waals surface area contributed by atoms with Crippen LogP contribution in [0.5, 0.6) is 0 Å². The van der Waals surface area contributed by atoms with Crippen molar-refractivity contribution in [2.75, 3.05) is 0 Å². The van der Waals surface area contributed by atoms with Crippen molar-refractivity contribution in [2.45, 2.75) is 0 Å². The van der Waals surface area contributed by atoms with Crippen molar-refractivity contribution in [3.63, 3.8) is 0 Å². The van der Waals surface area contributed by atoms with E-state index in [0.717, 1.165) is 82.5 Å². The molecule has 0 aliphatic heterocycles. The number of hydrogen-bond donors (Lipinski definition) is 0. The number of para-hydroxylation sites is 2. The topological polar surface area (TPSA) is 65.0 Å². The third kappa shape index (κ3) is 4.15. The molecular formula is C43H25N3O2. The molecule has 0 aliphatic carbocycles. The highest BCUT2D eigenvalue weighted by atomic mass is 16.3. The fourth-order valence-electron chi connectivity index (χ4n) is 6.85. The van der Waals surface area contributed by atoms with Gasteiger partial charge in [0.25, 0.3) is 0 Å². The van der Waals surface area contributed by atoms with E-state index in [9.17, 15) is 0 Å². The minimum atomic E-state index is 0.545. The maximum Gasteiger partial charge on any atom is 0.167 e. The van der Waals surface area contributed by atoms with Crippen LogP contribution in [0.2, 0.25) is 0 Å². The molecule has 0 N–H and O–H groups in total. The second-order valence-electron chi connectivity index (χ2n) is 12.0. The summed E-state index contributed by atoms with van der Waals surface area (Å²) in [6.45, 7) is 0. The standard InChI is InChI=1S/C43H25N3O2/c1-3-12-26(13-4-1)28-22-23-33-37(25-28)48-40-30-17-8-7-16-29(30)24-35(38(33)40)43-45-41(27-14-5-2-6-15-27)44-42(46-43)34-20-11-19-32-31-18-9-10-21-36(31)47-39(32)34/h1-25H. The van der Waals surface area contributed by atoms with Crippen LogP contribution in [0, 0.1) is 0 Å². The van der Waals surface area contributed by atoms with Gasteiger partial charge in [0.1, 0.15) is 22.3 Å². The summed E-state index contributed by atoms with van der Waals surface area (Å²) in [5, 5.41) is 6.15. The average Bonchev–Trinajstić information content (AvgIpc) is 3.74. The molecule has 10 rings (SSSR count). The van der Waals surface area contributed by atoms with E-state index in [1.165, 1.54) is 0 Å². The van der Waals surface area contributed by atoms with Crippen LogP contribution in [0.25, 0.3) is 99.9 Å². The average molecular weight is 616 g/mol. The van der Waals surface area contributed by atoms with Gasteiger partial charge in [-0.15, -0.1) is 0 Å². The molecule has 0 spiro atoms. The number of nitrogens with zero attached hydrogens (tertiary/aromatic N) is 3. The number of hydrogen-bond acceptors (Lipinski definition) is 5. The van der Waals surface area contributed by atoms with Crippen LogP contribution in [0.3, 0.4) is 0 Å². The largest absolute Gasteiger partial charge is 0.455 e. The first-order chi connectivity index (χ1) is 23.8. The summed E-state index contributed by atoms with van der Waals surface area (Å²) < 4.78 is 13.2. The summed E-state index contributed by atoms with van der Waals surface area (Å²) in [5.74, 6) is 1.70. The Labute approximate surface area is 274 Å². The van der Waals surface area contributed by atoms with E-state index in [2.05, 4.69) is 72.8 Å². The lowest BCUT2D eigenvalue weighted by atomic mass is 9.98. The Bertz CT molecular complexity index is 2840. The molecule has 0 amide bonds. The van der Waals surface area contributed by atoms with Crippen LogP contribution in [0.4, 0.5) is 0 Å². The monoisotopic (exact) mass is 615 g/mol. The number of aromatic nitrogens is 3. The third-order valence-corrected chi connectivity index (χ3v) is 9.13. The summed E-state index contributed by atoms with van der Waals surface area (Å²) in [6, 6.07) is 51.6. The Morgan fingerprint density at radius 3 is 1.83 bits per heavy atom. The Balaban J connectivity index is 1.28. The first-order valence-electron chi connectivity index (χ1n) is 15.9. The van der Waals surface area contributed by atoms with Crippen molar-refractivity contribution >= 4 is 54.6 Å². The van der Waals surface area contributed by atoms with E-state index >= 15 is 0 Å². The Hall–Kier alpha value is -6.59. The van der Waals surface area contributed by atoms with Gasteiger partial charge in [-0.3, -0.25) is 0 Å². The van der Waals surface area contributed by atoms with Gasteiger partial charge >= 0.3 is 0 Å². The Morgan fingerprint density at radius 1 is 0.354 bits per heavy atom. The van der Waals surface area contributed by atoms with Crippen molar-refractivity contribution in [3.8, 4) is 45.3 Å². The fraction of sp³-hybridized carbons (Fsp3) is 0. The number of furan rings is 2. The van der Waals surface area contributed by atoms with E-state index in [-0.39, 0.29) is 0 Å². The van der Waals surface area contributed by atoms with Gasteiger partial charge in [0.15, 0.2) is 17.5 Å². The van der Waals surface area contributed by atoms with Crippen molar-refractivity contribution in [1.82, 2.24) is 15.0 Å². The van der Waals surface area contributed by atoms with E-state index in [4.69, 9.17) is 23.8 Å². The van der Waals surface area contributed by atoms with E-state index in [1.54, 1.807) is 0 Å². The molecule has 0 unspecified atom stereocenters. The van der Waals surface area contributed by atoms with E-state index < -0.39 is 0 Å². The summed E-state index contributed by atoms with van der Waals surface area (Å²) in [7, 11) is 0. The van der Waals surface area contributed by atoms with Crippen LogP contribution < -0.4 is 0 Å². The van der Waals surface area contributed by atoms with Crippen LogP contribution in [-0.2, 0) is 0 Å². The van der Waals surface area contributed by atoms with Gasteiger partial charge in [-0.2, -0.15) is 0 Å². The van der Waals surface area contributed by atoms with Crippen LogP contribution in [0.15, 0.2) is 160 Å². The number of rotatable bonds is 4. The minimum Gasteiger partial charge on any atom is -0.455 e. The normalized spacial score (nSPS) is 11.8. The summed E-state index contributed by atoms with van der Waals surface area (Å²) >= 11 is 0. The number of fused-ring (bicyclic) bond motifs is 8. The lowest BCUT2D eigenvalue weighted by Gasteiger charge is -2.11. The Kier molecular flexibility index (Phi) is 5.81. The maximum atomic E-state index is 6.72. The second-order valence-corrected chi connectivity index (χ2v) is 12.0. The lowest BCUT2D eigenvalue weighted by molar-refractivity contribution is 0.669. The van der Waals surface area contributed by atoms with Crippen LogP contribution >= 0.6 is 0 Å². The molecule has 7 aromatic carbocycles. The first kappa shape index (κ1) is 26.6. The zero-order chi connectivity index (χ0) is 31.6. The third-order valence-electron chi connectivity index (χ3n) is 9.13. The molecular weight excluding hydrogens is 590 g/mol. The molecule has 0 saturated heterocycles. The van der Waals surface area contributed by atoms with Gasteiger partial charge in [-0.1, -0.05) is 121 Å². The van der Waals surface area contributed by atoms with Gasteiger partial charge in [-0.25, -0.2) is 15.0 Å². The van der Waals surface area contributed by atoms with Gasteiger partial charge in [0.2, 0.25) is 0 Å². The molecule has 3 heterocycles. The van der Waals surface area contributed by atoms with E-state index in [0.29, 0.717) is 17.5 Å². The van der Waals surface area contributed by atoms with Gasteiger partial charge in [0.05, 0.1) is 5.56 Å². The molecule has 0 aliphatic rings. The molecule has 5 heteroatoms. The highest BCUT2D eigenvalue weighted by molar-refractivity contribution is 6.21. The molecule has 0 bridgehead atoms. The smallest absolute Gasteiger partial charge is 0.167 e. The molecule has 0 radical (unpaired) electrons. The van der Waals surface area contributed by atoms with Gasteiger partial charge in [-0.05, 0) is 46.8 Å². The predicted molar refractivity (Wildman–Crippen MR) is 194 cm³/mol. The zero-order valence-electron chi connectivity index (χ0n) is 25.6. The van der Waals surface area contributed by atoms with Crippen molar-refractivity contribution in [1.29, 1.82) is 0 Å². The first-order valence-corrected chi connectivity index (χ1v) is 15.9. The SMILES string of the molecule is c1ccc(-c2ccc3c(c2)oc2c4ccccc4cc(-c4nc(-c5ccccc5)nc(-c5cccc6c5oc5ccccc56)n4)c32)cc1. The quantitative estimate of drug-likeness (QED) is 0.197. The minimum absolute atomic E-state index is 0.545. The maximum absolute atomic E-state index is 6.72. The van der Waals surface area contributed by atoms with Crippen molar-refractivity contribution in [3.05, 3.63) is 152 Å². The molecule has 224 valence electrons. The van der Waals surface area contributed by atoms with Crippen molar-refractivity contribution < 1.29 is 8.83 Å². The molecule has 0 atom stereocenters. The number of benzene rings is 7.